The Labute approximate surface area is 230 Å². The third-order valence-corrected chi connectivity index (χ3v) is 12.5. The van der Waals surface area contributed by atoms with Crippen LogP contribution in [0.2, 0.25) is 5.04 Å². The molecule has 206 valence electrons. The second kappa shape index (κ2) is 10.3. The van der Waals surface area contributed by atoms with Crippen LogP contribution >= 0.6 is 0 Å². The monoisotopic (exact) mass is 550 g/mol. The lowest BCUT2D eigenvalue weighted by Crippen LogP contribution is -2.67. The summed E-state index contributed by atoms with van der Waals surface area (Å²) in [4.78, 5) is 0. The number of allylic oxidation sites excluding steroid dienone is 1. The number of alkyl halides is 2. The van der Waals surface area contributed by atoms with Gasteiger partial charge in [0, 0.05) is 5.56 Å². The maximum Gasteiger partial charge on any atom is 0.329 e. The molecule has 7 heteroatoms. The molecule has 0 N–H and O–H groups in total. The first kappa shape index (κ1) is 27.7. The summed E-state index contributed by atoms with van der Waals surface area (Å²) < 4.78 is 56.9. The molecule has 0 spiro atoms. The van der Waals surface area contributed by atoms with Gasteiger partial charge in [0.1, 0.15) is 18.3 Å². The minimum absolute atomic E-state index is 0.0656. The van der Waals surface area contributed by atoms with Crippen molar-refractivity contribution in [3.8, 4) is 0 Å². The summed E-state index contributed by atoms with van der Waals surface area (Å²) >= 11 is 0. The Hall–Kier alpha value is -2.84. The van der Waals surface area contributed by atoms with Crippen molar-refractivity contribution >= 4 is 18.7 Å². The van der Waals surface area contributed by atoms with Crippen LogP contribution in [-0.2, 0) is 24.6 Å². The van der Waals surface area contributed by atoms with Gasteiger partial charge in [-0.2, -0.15) is 8.78 Å². The van der Waals surface area contributed by atoms with Crippen molar-refractivity contribution in [3.63, 3.8) is 0 Å². The zero-order valence-electron chi connectivity index (χ0n) is 23.1. The Balaban J connectivity index is 1.53. The number of hydrogen-bond acceptors (Lipinski definition) is 4. The fourth-order valence-corrected chi connectivity index (χ4v) is 10.3. The van der Waals surface area contributed by atoms with Gasteiger partial charge >= 0.3 is 5.92 Å². The van der Waals surface area contributed by atoms with E-state index in [0.29, 0.717) is 0 Å². The molecular formula is C32H36F2O4Si. The number of fused-ring (bicyclic) bond motifs is 1. The van der Waals surface area contributed by atoms with Crippen LogP contribution in [0, 0.1) is 0 Å². The lowest BCUT2D eigenvalue weighted by Gasteiger charge is -2.44. The van der Waals surface area contributed by atoms with Crippen molar-refractivity contribution < 1.29 is 27.4 Å². The van der Waals surface area contributed by atoms with Crippen LogP contribution in [0.4, 0.5) is 8.78 Å². The highest BCUT2D eigenvalue weighted by atomic mass is 28.4. The van der Waals surface area contributed by atoms with Crippen molar-refractivity contribution in [2.24, 2.45) is 0 Å². The number of ether oxygens (including phenoxy) is 3. The molecule has 0 radical (unpaired) electrons. The van der Waals surface area contributed by atoms with Crippen molar-refractivity contribution in [2.75, 3.05) is 6.61 Å². The van der Waals surface area contributed by atoms with Gasteiger partial charge in [0.05, 0.1) is 6.61 Å². The minimum Gasteiger partial charge on any atom is -0.483 e. The smallest absolute Gasteiger partial charge is 0.329 e. The van der Waals surface area contributed by atoms with Crippen LogP contribution in [0.15, 0.2) is 103 Å². The van der Waals surface area contributed by atoms with E-state index in [1.165, 1.54) is 18.2 Å². The molecule has 1 fully saturated rings. The zero-order valence-corrected chi connectivity index (χ0v) is 24.1. The fraction of sp³-hybridized carbons (Fsp3) is 0.375. The largest absolute Gasteiger partial charge is 0.483 e. The first-order valence-electron chi connectivity index (χ1n) is 13.4. The molecule has 2 aliphatic rings. The van der Waals surface area contributed by atoms with E-state index in [2.05, 4.69) is 45.0 Å². The average Bonchev–Trinajstić information content (AvgIpc) is 3.24. The lowest BCUT2D eigenvalue weighted by atomic mass is 9.99. The quantitative estimate of drug-likeness (QED) is 0.331. The SMILES string of the molecule is CC1(C)O[C@@H]2[C@@H](C=C(C(F)(F)c3ccccc3)O[C@@H]2CO[Si](c2ccccc2)(c2ccccc2)C(C)(C)C)O1. The topological polar surface area (TPSA) is 36.9 Å². The summed E-state index contributed by atoms with van der Waals surface area (Å²) in [5.41, 5.74) is -0.139. The Bertz CT molecular complexity index is 1250. The Kier molecular flexibility index (Phi) is 7.31. The van der Waals surface area contributed by atoms with Gasteiger partial charge < -0.3 is 18.6 Å². The number of benzene rings is 3. The van der Waals surface area contributed by atoms with Crippen LogP contribution in [-0.4, -0.2) is 39.0 Å². The van der Waals surface area contributed by atoms with E-state index < -0.39 is 44.1 Å². The Morgan fingerprint density at radius 2 is 1.31 bits per heavy atom. The van der Waals surface area contributed by atoms with Gasteiger partial charge in [-0.25, -0.2) is 0 Å². The summed E-state index contributed by atoms with van der Waals surface area (Å²) in [5, 5.41) is 1.93. The third kappa shape index (κ3) is 5.21. The second-order valence-electron chi connectivity index (χ2n) is 11.7. The second-order valence-corrected chi connectivity index (χ2v) is 16.0. The molecule has 3 atom stereocenters. The molecule has 0 amide bonds. The van der Waals surface area contributed by atoms with Crippen LogP contribution < -0.4 is 10.4 Å². The first-order valence-corrected chi connectivity index (χ1v) is 15.3. The minimum atomic E-state index is -3.34. The van der Waals surface area contributed by atoms with E-state index in [4.69, 9.17) is 18.6 Å². The molecule has 0 saturated carbocycles. The number of rotatable bonds is 7. The van der Waals surface area contributed by atoms with Crippen LogP contribution in [0.3, 0.4) is 0 Å². The summed E-state index contributed by atoms with van der Waals surface area (Å²) in [6, 6.07) is 28.1. The third-order valence-electron chi connectivity index (χ3n) is 7.45. The van der Waals surface area contributed by atoms with Gasteiger partial charge in [-0.15, -0.1) is 0 Å². The highest BCUT2D eigenvalue weighted by Gasteiger charge is 2.55. The van der Waals surface area contributed by atoms with E-state index >= 15 is 8.78 Å². The highest BCUT2D eigenvalue weighted by molar-refractivity contribution is 6.99. The zero-order chi connectivity index (χ0) is 27.9. The number of halogens is 2. The predicted octanol–water partition coefficient (Wildman–Crippen LogP) is 6.16. The first-order chi connectivity index (χ1) is 18.4. The van der Waals surface area contributed by atoms with Crippen LogP contribution in [0.25, 0.3) is 0 Å². The van der Waals surface area contributed by atoms with Gasteiger partial charge in [0.2, 0.25) is 0 Å². The molecule has 0 aliphatic carbocycles. The van der Waals surface area contributed by atoms with Crippen molar-refractivity contribution in [1.29, 1.82) is 0 Å². The van der Waals surface area contributed by atoms with E-state index in [9.17, 15) is 0 Å². The molecule has 2 aliphatic heterocycles. The van der Waals surface area contributed by atoms with E-state index in [1.54, 1.807) is 32.0 Å². The molecule has 3 aromatic rings. The van der Waals surface area contributed by atoms with Crippen LogP contribution in [0.5, 0.6) is 0 Å². The van der Waals surface area contributed by atoms with Gasteiger partial charge in [-0.05, 0) is 35.3 Å². The normalized spacial score (nSPS) is 23.1. The summed E-state index contributed by atoms with van der Waals surface area (Å²) in [6.07, 6.45) is -0.709. The maximum absolute atomic E-state index is 15.7. The van der Waals surface area contributed by atoms with Crippen molar-refractivity contribution in [1.82, 2.24) is 0 Å². The highest BCUT2D eigenvalue weighted by Crippen LogP contribution is 2.44. The van der Waals surface area contributed by atoms with Gasteiger partial charge in [-0.1, -0.05) is 112 Å². The molecule has 0 aromatic heterocycles. The van der Waals surface area contributed by atoms with Gasteiger partial charge in [0.15, 0.2) is 11.5 Å². The summed E-state index contributed by atoms with van der Waals surface area (Å²) in [5.74, 6) is -4.72. The molecule has 4 nitrogen and oxygen atoms in total. The van der Waals surface area contributed by atoms with Crippen LogP contribution in [0.1, 0.15) is 40.2 Å². The van der Waals surface area contributed by atoms with E-state index in [0.717, 1.165) is 10.4 Å². The molecule has 0 unspecified atom stereocenters. The molecule has 0 bridgehead atoms. The maximum atomic E-state index is 15.7. The Morgan fingerprint density at radius 1 is 0.795 bits per heavy atom. The Morgan fingerprint density at radius 3 is 1.82 bits per heavy atom. The average molecular weight is 551 g/mol. The van der Waals surface area contributed by atoms with E-state index in [-0.39, 0.29) is 17.2 Å². The summed E-state index contributed by atoms with van der Waals surface area (Å²) in [6.45, 7) is 10.2. The van der Waals surface area contributed by atoms with Gasteiger partial charge in [0.25, 0.3) is 8.32 Å². The molecule has 39 heavy (non-hydrogen) atoms. The lowest BCUT2D eigenvalue weighted by molar-refractivity contribution is -0.159. The summed E-state index contributed by atoms with van der Waals surface area (Å²) in [7, 11) is -2.93. The molecule has 2 heterocycles. The van der Waals surface area contributed by atoms with E-state index in [1.807, 2.05) is 36.4 Å². The molecule has 3 aromatic carbocycles. The predicted molar refractivity (Wildman–Crippen MR) is 151 cm³/mol. The molecular weight excluding hydrogens is 514 g/mol. The fourth-order valence-electron chi connectivity index (χ4n) is 5.72. The molecule has 5 rings (SSSR count). The van der Waals surface area contributed by atoms with Crippen molar-refractivity contribution in [3.05, 3.63) is 108 Å². The van der Waals surface area contributed by atoms with Crippen molar-refractivity contribution in [2.45, 2.75) is 69.7 Å². The van der Waals surface area contributed by atoms with Gasteiger partial charge in [-0.3, -0.25) is 0 Å². The molecule has 1 saturated heterocycles. The number of hydrogen-bond donors (Lipinski definition) is 0. The standard InChI is InChI=1S/C32H36F2O4Si/c1-30(2,3)39(24-17-11-7-12-18-24,25-19-13-8-14-20-25)35-22-27-29-26(37-31(4,5)38-29)21-28(36-27)32(33,34)23-15-9-6-10-16-23/h6-21,26-27,29H,22H2,1-5H3/t26-,27-,29-/m1/s1.